The molecule has 3 rings (SSSR count). The van der Waals surface area contributed by atoms with E-state index in [4.69, 9.17) is 11.6 Å². The summed E-state index contributed by atoms with van der Waals surface area (Å²) >= 11 is 5.98. The van der Waals surface area contributed by atoms with Crippen LogP contribution in [0.5, 0.6) is 0 Å². The van der Waals surface area contributed by atoms with Gasteiger partial charge in [0.05, 0.1) is 24.1 Å². The maximum absolute atomic E-state index is 12.0. The molecule has 0 bridgehead atoms. The second-order valence-electron chi connectivity index (χ2n) is 5.57. The number of anilines is 1. The highest BCUT2D eigenvalue weighted by molar-refractivity contribution is 6.30. The Labute approximate surface area is 145 Å². The highest BCUT2D eigenvalue weighted by Gasteiger charge is 2.06. The van der Waals surface area contributed by atoms with Crippen molar-refractivity contribution in [2.45, 2.75) is 26.4 Å². The number of hydrogen-bond donors (Lipinski definition) is 1. The molecule has 2 aromatic heterocycles. The van der Waals surface area contributed by atoms with Crippen LogP contribution >= 0.6 is 11.6 Å². The molecule has 0 radical (unpaired) electrons. The predicted molar refractivity (Wildman–Crippen MR) is 93.0 cm³/mol. The topological polar surface area (TPSA) is 64.7 Å². The van der Waals surface area contributed by atoms with E-state index < -0.39 is 0 Å². The normalized spacial score (nSPS) is 10.8. The molecule has 0 saturated heterocycles. The van der Waals surface area contributed by atoms with E-state index in [2.05, 4.69) is 15.5 Å². The van der Waals surface area contributed by atoms with Crippen molar-refractivity contribution in [1.29, 1.82) is 0 Å². The Morgan fingerprint density at radius 3 is 2.92 bits per heavy atom. The molecule has 0 aliphatic rings. The lowest BCUT2D eigenvalue weighted by molar-refractivity contribution is -0.116. The molecule has 1 amide bonds. The zero-order valence-electron chi connectivity index (χ0n) is 13.3. The summed E-state index contributed by atoms with van der Waals surface area (Å²) in [6.45, 7) is 3.07. The van der Waals surface area contributed by atoms with Crippen LogP contribution < -0.4 is 5.32 Å². The number of hydrogen-bond acceptors (Lipinski definition) is 3. The molecular formula is C17H18ClN5O. The smallest absolute Gasteiger partial charge is 0.226 e. The van der Waals surface area contributed by atoms with Crippen LogP contribution in [0.25, 0.3) is 0 Å². The predicted octanol–water partition coefficient (Wildman–Crippen LogP) is 3.12. The number of carbonyl (C=O) groups is 1. The van der Waals surface area contributed by atoms with Crippen molar-refractivity contribution >= 4 is 23.2 Å². The summed E-state index contributed by atoms with van der Waals surface area (Å²) in [5.74, 6) is -0.0644. The molecule has 3 aromatic rings. The average molecular weight is 344 g/mol. The fourth-order valence-corrected chi connectivity index (χ4v) is 2.58. The van der Waals surface area contributed by atoms with Gasteiger partial charge in [-0.15, -0.1) is 0 Å². The molecule has 124 valence electrons. The van der Waals surface area contributed by atoms with Crippen LogP contribution in [0.15, 0.2) is 48.9 Å². The Kier molecular flexibility index (Phi) is 4.96. The zero-order chi connectivity index (χ0) is 16.9. The van der Waals surface area contributed by atoms with Crippen LogP contribution in [0.2, 0.25) is 5.02 Å². The van der Waals surface area contributed by atoms with E-state index in [1.54, 1.807) is 21.8 Å². The van der Waals surface area contributed by atoms with Gasteiger partial charge in [0, 0.05) is 30.4 Å². The maximum Gasteiger partial charge on any atom is 0.226 e. The maximum atomic E-state index is 12.0. The number of halogens is 1. The first-order valence-electron chi connectivity index (χ1n) is 7.65. The molecule has 2 heterocycles. The molecule has 0 aliphatic heterocycles. The standard InChI is InChI=1S/C17H18ClN5O/c1-13-5-7-22(21-13)8-6-17(24)20-16-10-19-23(12-16)11-14-3-2-4-15(18)9-14/h2-5,7,9-10,12H,6,8,11H2,1H3,(H,20,24). The van der Waals surface area contributed by atoms with Gasteiger partial charge in [0.2, 0.25) is 5.91 Å². The second kappa shape index (κ2) is 7.31. The number of nitrogens with zero attached hydrogens (tertiary/aromatic N) is 4. The van der Waals surface area contributed by atoms with Gasteiger partial charge in [-0.3, -0.25) is 14.2 Å². The monoisotopic (exact) mass is 343 g/mol. The van der Waals surface area contributed by atoms with E-state index >= 15 is 0 Å². The van der Waals surface area contributed by atoms with Gasteiger partial charge in [0.15, 0.2) is 0 Å². The van der Waals surface area contributed by atoms with Crippen LogP contribution in [-0.4, -0.2) is 25.5 Å². The number of rotatable bonds is 6. The summed E-state index contributed by atoms with van der Waals surface area (Å²) in [7, 11) is 0. The van der Waals surface area contributed by atoms with Crippen molar-refractivity contribution in [1.82, 2.24) is 19.6 Å². The molecule has 0 saturated carbocycles. The number of carbonyl (C=O) groups excluding carboxylic acids is 1. The van der Waals surface area contributed by atoms with Crippen LogP contribution in [0.3, 0.4) is 0 Å². The Morgan fingerprint density at radius 1 is 1.29 bits per heavy atom. The third kappa shape index (κ3) is 4.45. The number of benzene rings is 1. The molecular weight excluding hydrogens is 326 g/mol. The lowest BCUT2D eigenvalue weighted by Gasteiger charge is -2.03. The summed E-state index contributed by atoms with van der Waals surface area (Å²) in [5.41, 5.74) is 2.67. The number of nitrogens with one attached hydrogen (secondary N) is 1. The fourth-order valence-electron chi connectivity index (χ4n) is 2.36. The van der Waals surface area contributed by atoms with E-state index in [1.165, 1.54) is 0 Å². The van der Waals surface area contributed by atoms with E-state index in [-0.39, 0.29) is 5.91 Å². The largest absolute Gasteiger partial charge is 0.323 e. The van der Waals surface area contributed by atoms with E-state index in [0.29, 0.717) is 30.2 Å². The van der Waals surface area contributed by atoms with E-state index in [0.717, 1.165) is 11.3 Å². The van der Waals surface area contributed by atoms with Crippen molar-refractivity contribution in [3.8, 4) is 0 Å². The number of aryl methyl sites for hydroxylation is 2. The van der Waals surface area contributed by atoms with Gasteiger partial charge in [0.1, 0.15) is 0 Å². The van der Waals surface area contributed by atoms with Crippen LogP contribution in [-0.2, 0) is 17.9 Å². The Balaban J connectivity index is 1.52. The molecule has 0 aliphatic carbocycles. The average Bonchev–Trinajstić information content (AvgIpc) is 3.14. The van der Waals surface area contributed by atoms with Gasteiger partial charge in [-0.2, -0.15) is 10.2 Å². The van der Waals surface area contributed by atoms with Gasteiger partial charge in [-0.05, 0) is 30.7 Å². The lowest BCUT2D eigenvalue weighted by atomic mass is 10.2. The summed E-state index contributed by atoms with van der Waals surface area (Å²) in [5, 5.41) is 12.1. The second-order valence-corrected chi connectivity index (χ2v) is 6.01. The molecule has 0 fully saturated rings. The first kappa shape index (κ1) is 16.3. The van der Waals surface area contributed by atoms with Gasteiger partial charge in [0.25, 0.3) is 0 Å². The lowest BCUT2D eigenvalue weighted by Crippen LogP contribution is -2.14. The molecule has 0 spiro atoms. The minimum atomic E-state index is -0.0644. The van der Waals surface area contributed by atoms with E-state index in [1.807, 2.05) is 43.5 Å². The summed E-state index contributed by atoms with van der Waals surface area (Å²) < 4.78 is 3.52. The van der Waals surface area contributed by atoms with Crippen LogP contribution in [0, 0.1) is 6.92 Å². The minimum absolute atomic E-state index is 0.0644. The molecule has 6 nitrogen and oxygen atoms in total. The Bertz CT molecular complexity index is 839. The molecule has 1 N–H and O–H groups in total. The third-order valence-electron chi connectivity index (χ3n) is 3.49. The van der Waals surface area contributed by atoms with Crippen LogP contribution in [0.1, 0.15) is 17.7 Å². The quantitative estimate of drug-likeness (QED) is 0.748. The third-order valence-corrected chi connectivity index (χ3v) is 3.73. The molecule has 1 aromatic carbocycles. The molecule has 0 unspecified atom stereocenters. The highest BCUT2D eigenvalue weighted by atomic mass is 35.5. The van der Waals surface area contributed by atoms with Crippen molar-refractivity contribution < 1.29 is 4.79 Å². The van der Waals surface area contributed by atoms with Crippen LogP contribution in [0.4, 0.5) is 5.69 Å². The zero-order valence-corrected chi connectivity index (χ0v) is 14.1. The van der Waals surface area contributed by atoms with Crippen molar-refractivity contribution in [3.63, 3.8) is 0 Å². The Morgan fingerprint density at radius 2 is 2.17 bits per heavy atom. The van der Waals surface area contributed by atoms with Crippen molar-refractivity contribution in [2.75, 3.05) is 5.32 Å². The minimum Gasteiger partial charge on any atom is -0.323 e. The fraction of sp³-hybridized carbons (Fsp3) is 0.235. The number of aromatic nitrogens is 4. The van der Waals surface area contributed by atoms with Gasteiger partial charge in [-0.25, -0.2) is 0 Å². The first-order chi connectivity index (χ1) is 11.6. The van der Waals surface area contributed by atoms with Crippen molar-refractivity contribution in [2.24, 2.45) is 0 Å². The first-order valence-corrected chi connectivity index (χ1v) is 8.03. The van der Waals surface area contributed by atoms with Crippen molar-refractivity contribution in [3.05, 3.63) is 65.2 Å². The number of amides is 1. The SMILES string of the molecule is Cc1ccn(CCC(=O)Nc2cnn(Cc3cccc(Cl)c3)c2)n1. The molecule has 0 atom stereocenters. The van der Waals surface area contributed by atoms with Gasteiger partial charge in [-0.1, -0.05) is 23.7 Å². The summed E-state index contributed by atoms with van der Waals surface area (Å²) in [6.07, 6.45) is 5.67. The highest BCUT2D eigenvalue weighted by Crippen LogP contribution is 2.13. The van der Waals surface area contributed by atoms with Gasteiger partial charge < -0.3 is 5.32 Å². The molecule has 7 heteroatoms. The van der Waals surface area contributed by atoms with Gasteiger partial charge >= 0.3 is 0 Å². The summed E-state index contributed by atoms with van der Waals surface area (Å²) in [4.78, 5) is 12.0. The van der Waals surface area contributed by atoms with E-state index in [9.17, 15) is 4.79 Å². The molecule has 24 heavy (non-hydrogen) atoms. The Hall–Kier alpha value is -2.60. The summed E-state index contributed by atoms with van der Waals surface area (Å²) in [6, 6.07) is 9.53.